The molecule has 2 aromatic carbocycles. The first-order valence-corrected chi connectivity index (χ1v) is 10.3. The second-order valence-corrected chi connectivity index (χ2v) is 7.43. The minimum Gasteiger partial charge on any atom is -0.467 e. The van der Waals surface area contributed by atoms with Crippen molar-refractivity contribution >= 4 is 28.3 Å². The average Bonchev–Trinajstić information content (AvgIpc) is 3.56. The summed E-state index contributed by atoms with van der Waals surface area (Å²) in [5.41, 5.74) is 1.98. The summed E-state index contributed by atoms with van der Waals surface area (Å²) in [7, 11) is 0. The zero-order valence-electron chi connectivity index (χ0n) is 17.3. The molecular formula is C24H19F2N3O4. The van der Waals surface area contributed by atoms with E-state index < -0.39 is 12.7 Å². The summed E-state index contributed by atoms with van der Waals surface area (Å²) in [5, 5.41) is 9.89. The van der Waals surface area contributed by atoms with Gasteiger partial charge in [-0.25, -0.2) is 5.01 Å². The normalized spacial score (nSPS) is 15.8. The number of halogens is 2. The zero-order valence-corrected chi connectivity index (χ0v) is 17.3. The van der Waals surface area contributed by atoms with Crippen LogP contribution in [0.3, 0.4) is 0 Å². The number of para-hydroxylation sites is 1. The fourth-order valence-electron chi connectivity index (χ4n) is 3.73. The Morgan fingerprint density at radius 2 is 1.97 bits per heavy atom. The Bertz CT molecular complexity index is 1250. The first-order chi connectivity index (χ1) is 16.1. The highest BCUT2D eigenvalue weighted by molar-refractivity contribution is 6.03. The third kappa shape index (κ3) is 4.43. The molecule has 0 radical (unpaired) electrons. The molecule has 5 rings (SSSR count). The molecule has 33 heavy (non-hydrogen) atoms. The lowest BCUT2D eigenvalue weighted by Gasteiger charge is -2.20. The molecule has 9 heteroatoms. The van der Waals surface area contributed by atoms with Crippen molar-refractivity contribution < 1.29 is 27.1 Å². The van der Waals surface area contributed by atoms with Gasteiger partial charge in [-0.2, -0.15) is 13.9 Å². The average molecular weight is 451 g/mol. The number of alkyl halides is 2. The number of ether oxygens (including phenoxy) is 1. The number of carbonyl (C=O) groups is 1. The second-order valence-electron chi connectivity index (χ2n) is 7.43. The Kier molecular flexibility index (Phi) is 5.52. The molecule has 1 aliphatic heterocycles. The lowest BCUT2D eigenvalue weighted by Crippen LogP contribution is -2.32. The molecule has 0 aliphatic carbocycles. The number of nitrogens with zero attached hydrogens (tertiary/aromatic N) is 2. The van der Waals surface area contributed by atoms with Gasteiger partial charge in [0, 0.05) is 17.5 Å². The van der Waals surface area contributed by atoms with Gasteiger partial charge in [0.1, 0.15) is 28.8 Å². The number of fused-ring (bicyclic) bond motifs is 1. The van der Waals surface area contributed by atoms with Crippen LogP contribution in [-0.2, 0) is 4.79 Å². The highest BCUT2D eigenvalue weighted by atomic mass is 19.3. The fourth-order valence-corrected chi connectivity index (χ4v) is 3.73. The summed E-state index contributed by atoms with van der Waals surface area (Å²) in [6, 6.07) is 18.6. The maximum atomic E-state index is 13.0. The SMILES string of the molecule is O=C(CNc1ccc(OC(F)F)cc1)N1N=C(c2cc3ccccc3o2)CC1c1ccco1. The van der Waals surface area contributed by atoms with E-state index in [1.165, 1.54) is 17.1 Å². The number of nitrogens with one attached hydrogen (secondary N) is 1. The summed E-state index contributed by atoms with van der Waals surface area (Å²) in [6.07, 6.45) is 2.00. The van der Waals surface area contributed by atoms with Gasteiger partial charge in [0.15, 0.2) is 5.76 Å². The number of carbonyl (C=O) groups excluding carboxylic acids is 1. The van der Waals surface area contributed by atoms with Crippen molar-refractivity contribution in [2.24, 2.45) is 5.10 Å². The van der Waals surface area contributed by atoms with Gasteiger partial charge in [-0.1, -0.05) is 18.2 Å². The quantitative estimate of drug-likeness (QED) is 0.406. The first-order valence-electron chi connectivity index (χ1n) is 10.3. The Morgan fingerprint density at radius 3 is 2.70 bits per heavy atom. The zero-order chi connectivity index (χ0) is 22.8. The molecule has 0 saturated carbocycles. The van der Waals surface area contributed by atoms with Crippen molar-refractivity contribution in [2.75, 3.05) is 11.9 Å². The van der Waals surface area contributed by atoms with Crippen LogP contribution >= 0.6 is 0 Å². The minimum absolute atomic E-state index is 0.0411. The molecule has 1 aliphatic rings. The Hall–Kier alpha value is -4.14. The molecule has 3 heterocycles. The highest BCUT2D eigenvalue weighted by Crippen LogP contribution is 2.34. The van der Waals surface area contributed by atoms with Crippen LogP contribution in [0.4, 0.5) is 14.5 Å². The van der Waals surface area contributed by atoms with E-state index in [9.17, 15) is 13.6 Å². The number of rotatable bonds is 7. The molecule has 7 nitrogen and oxygen atoms in total. The van der Waals surface area contributed by atoms with Gasteiger partial charge in [0.2, 0.25) is 0 Å². The van der Waals surface area contributed by atoms with Gasteiger partial charge < -0.3 is 18.9 Å². The Morgan fingerprint density at radius 1 is 1.15 bits per heavy atom. The van der Waals surface area contributed by atoms with Crippen LogP contribution in [0.1, 0.15) is 24.0 Å². The molecule has 0 spiro atoms. The summed E-state index contributed by atoms with van der Waals surface area (Å²) in [6.45, 7) is -2.94. The number of anilines is 1. The van der Waals surface area contributed by atoms with E-state index in [-0.39, 0.29) is 18.2 Å². The van der Waals surface area contributed by atoms with Crippen LogP contribution in [0.15, 0.2) is 86.9 Å². The van der Waals surface area contributed by atoms with Gasteiger partial charge in [0.05, 0.1) is 12.8 Å². The van der Waals surface area contributed by atoms with Crippen LogP contribution in [0.2, 0.25) is 0 Å². The molecule has 0 bridgehead atoms. The van der Waals surface area contributed by atoms with E-state index in [1.807, 2.05) is 30.3 Å². The number of hydrazone groups is 1. The summed E-state index contributed by atoms with van der Waals surface area (Å²) in [4.78, 5) is 13.0. The van der Waals surface area contributed by atoms with Gasteiger partial charge in [-0.05, 0) is 48.5 Å². The van der Waals surface area contributed by atoms with Gasteiger partial charge in [-0.15, -0.1) is 0 Å². The second kappa shape index (κ2) is 8.78. The maximum absolute atomic E-state index is 13.0. The van der Waals surface area contributed by atoms with Crippen LogP contribution in [0.25, 0.3) is 11.0 Å². The monoisotopic (exact) mass is 451 g/mol. The standard InChI is InChI=1S/C24H19F2N3O4/c25-24(26)32-17-9-7-16(8-10-17)27-14-23(30)29-19(21-6-3-11-31-21)13-18(28-29)22-12-15-4-1-2-5-20(15)33-22/h1-12,19,24,27H,13-14H2. The first kappa shape index (κ1) is 20.7. The van der Waals surface area contributed by atoms with Crippen LogP contribution in [-0.4, -0.2) is 29.8 Å². The smallest absolute Gasteiger partial charge is 0.387 e. The topological polar surface area (TPSA) is 80.2 Å². The van der Waals surface area contributed by atoms with E-state index in [4.69, 9.17) is 8.83 Å². The third-order valence-corrected chi connectivity index (χ3v) is 5.27. The van der Waals surface area contributed by atoms with E-state index in [0.717, 1.165) is 11.0 Å². The Balaban J connectivity index is 1.33. The number of amides is 1. The molecule has 1 amide bonds. The van der Waals surface area contributed by atoms with Crippen molar-refractivity contribution in [2.45, 2.75) is 19.1 Å². The van der Waals surface area contributed by atoms with E-state index in [0.29, 0.717) is 29.3 Å². The van der Waals surface area contributed by atoms with Crippen molar-refractivity contribution in [1.82, 2.24) is 5.01 Å². The summed E-state index contributed by atoms with van der Waals surface area (Å²) < 4.78 is 40.4. The van der Waals surface area contributed by atoms with Gasteiger partial charge in [0.25, 0.3) is 5.91 Å². The Labute approximate surface area is 187 Å². The molecule has 1 N–H and O–H groups in total. The number of furan rings is 2. The predicted octanol–water partition coefficient (Wildman–Crippen LogP) is 5.42. The van der Waals surface area contributed by atoms with Gasteiger partial charge >= 0.3 is 6.61 Å². The van der Waals surface area contributed by atoms with Crippen molar-refractivity contribution in [3.05, 3.63) is 84.5 Å². The van der Waals surface area contributed by atoms with Crippen LogP contribution in [0.5, 0.6) is 5.75 Å². The van der Waals surface area contributed by atoms with Crippen LogP contribution in [0, 0.1) is 0 Å². The van der Waals surface area contributed by atoms with Gasteiger partial charge in [-0.3, -0.25) is 4.79 Å². The van der Waals surface area contributed by atoms with Crippen molar-refractivity contribution in [1.29, 1.82) is 0 Å². The van der Waals surface area contributed by atoms with Crippen molar-refractivity contribution in [3.8, 4) is 5.75 Å². The molecule has 1 unspecified atom stereocenters. The summed E-state index contributed by atoms with van der Waals surface area (Å²) >= 11 is 0. The molecule has 4 aromatic rings. The lowest BCUT2D eigenvalue weighted by atomic mass is 10.1. The van der Waals surface area contributed by atoms with E-state index in [1.54, 1.807) is 30.5 Å². The van der Waals surface area contributed by atoms with Crippen LogP contribution < -0.4 is 10.1 Å². The largest absolute Gasteiger partial charge is 0.467 e. The molecule has 0 saturated heterocycles. The predicted molar refractivity (Wildman–Crippen MR) is 117 cm³/mol. The molecule has 2 aromatic heterocycles. The number of hydrogen-bond donors (Lipinski definition) is 1. The molecular weight excluding hydrogens is 432 g/mol. The maximum Gasteiger partial charge on any atom is 0.387 e. The molecule has 0 fully saturated rings. The molecule has 168 valence electrons. The van der Waals surface area contributed by atoms with Crippen molar-refractivity contribution in [3.63, 3.8) is 0 Å². The summed E-state index contributed by atoms with van der Waals surface area (Å²) in [5.74, 6) is 0.979. The fraction of sp³-hybridized carbons (Fsp3) is 0.167. The minimum atomic E-state index is -2.89. The third-order valence-electron chi connectivity index (χ3n) is 5.27. The number of benzene rings is 2. The van der Waals surface area contributed by atoms with E-state index in [2.05, 4.69) is 15.2 Å². The molecule has 1 atom stereocenters. The van der Waals surface area contributed by atoms with E-state index >= 15 is 0 Å². The number of hydrogen-bond acceptors (Lipinski definition) is 6. The lowest BCUT2D eigenvalue weighted by molar-refractivity contribution is -0.131. The highest BCUT2D eigenvalue weighted by Gasteiger charge is 2.35.